The van der Waals surface area contributed by atoms with Gasteiger partial charge in [0.05, 0.1) is 5.56 Å². The van der Waals surface area contributed by atoms with Crippen LogP contribution >= 0.6 is 0 Å². The summed E-state index contributed by atoms with van der Waals surface area (Å²) >= 11 is 0. The van der Waals surface area contributed by atoms with Crippen molar-refractivity contribution in [3.05, 3.63) is 59.7 Å². The molecule has 0 aromatic heterocycles. The number of piperidine rings is 1. The van der Waals surface area contributed by atoms with E-state index in [2.05, 4.69) is 59.7 Å². The highest BCUT2D eigenvalue weighted by atomic mass is 16.5. The molecule has 2 amide bonds. The van der Waals surface area contributed by atoms with Gasteiger partial charge >= 0.3 is 0 Å². The summed E-state index contributed by atoms with van der Waals surface area (Å²) < 4.78 is 5.41. The highest BCUT2D eigenvalue weighted by molar-refractivity contribution is 6.02. The minimum absolute atomic E-state index is 0.00545. The third-order valence-electron chi connectivity index (χ3n) is 7.56. The topological polar surface area (TPSA) is 70.7 Å². The number of hydrogen-bond acceptors (Lipinski definition) is 4. The molecular formula is C32H47N3O3. The number of carbonyl (C=O) groups excluding carboxylic acids is 2. The van der Waals surface area contributed by atoms with Crippen molar-refractivity contribution in [1.82, 2.24) is 5.32 Å². The van der Waals surface area contributed by atoms with Gasteiger partial charge in [-0.05, 0) is 75.1 Å². The molecular weight excluding hydrogens is 474 g/mol. The third kappa shape index (κ3) is 9.16. The van der Waals surface area contributed by atoms with Crippen LogP contribution in [0.5, 0.6) is 0 Å². The van der Waals surface area contributed by atoms with Crippen LogP contribution in [-0.4, -0.2) is 44.7 Å². The molecule has 0 spiro atoms. The number of rotatable bonds is 15. The second-order valence-electron chi connectivity index (χ2n) is 10.4. The summed E-state index contributed by atoms with van der Waals surface area (Å²) in [5.41, 5.74) is 3.65. The molecule has 2 aromatic carbocycles. The Balaban J connectivity index is 1.70. The molecule has 1 heterocycles. The maximum absolute atomic E-state index is 13.3. The molecule has 1 aliphatic heterocycles. The number of anilines is 2. The standard InChI is InChI=1S/C32H47N3O3/c1-4-7-14-27(5-2)31(36)34-28-15-16-30(29(24-28)32(37)33-19-11-22-38-6-3)35-20-17-26(18-21-35)23-25-12-9-8-10-13-25/h8-10,12-13,15-16,24,26-27H,4-7,11,14,17-23H2,1-3H3,(H,33,37)(H,34,36). The Morgan fingerprint density at radius 2 is 1.79 bits per heavy atom. The first kappa shape index (κ1) is 29.7. The molecule has 1 atom stereocenters. The zero-order valence-electron chi connectivity index (χ0n) is 23.6. The van der Waals surface area contributed by atoms with E-state index >= 15 is 0 Å². The SMILES string of the molecule is CCCCC(CC)C(=O)Nc1ccc(N2CCC(Cc3ccccc3)CC2)c(C(=O)NCCCOCC)c1. The number of hydrogen-bond donors (Lipinski definition) is 2. The first-order valence-corrected chi connectivity index (χ1v) is 14.6. The molecule has 1 fully saturated rings. The van der Waals surface area contributed by atoms with E-state index in [0.29, 0.717) is 36.9 Å². The average molecular weight is 522 g/mol. The summed E-state index contributed by atoms with van der Waals surface area (Å²) in [6, 6.07) is 16.5. The predicted octanol–water partition coefficient (Wildman–Crippen LogP) is 6.46. The van der Waals surface area contributed by atoms with Gasteiger partial charge in [0.25, 0.3) is 5.91 Å². The molecule has 2 aromatic rings. The Kier molecular flexibility index (Phi) is 12.6. The van der Waals surface area contributed by atoms with E-state index in [1.54, 1.807) is 0 Å². The van der Waals surface area contributed by atoms with Gasteiger partial charge in [-0.25, -0.2) is 0 Å². The van der Waals surface area contributed by atoms with Crippen LogP contribution in [0, 0.1) is 11.8 Å². The fourth-order valence-electron chi connectivity index (χ4n) is 5.23. The number of carbonyl (C=O) groups is 2. The van der Waals surface area contributed by atoms with E-state index in [0.717, 1.165) is 70.1 Å². The first-order valence-electron chi connectivity index (χ1n) is 14.6. The molecule has 3 rings (SSSR count). The summed E-state index contributed by atoms with van der Waals surface area (Å²) in [5, 5.41) is 6.15. The number of amides is 2. The molecule has 1 unspecified atom stereocenters. The number of ether oxygens (including phenoxy) is 1. The van der Waals surface area contributed by atoms with Gasteiger partial charge in [-0.2, -0.15) is 0 Å². The monoisotopic (exact) mass is 521 g/mol. The third-order valence-corrected chi connectivity index (χ3v) is 7.56. The number of unbranched alkanes of at least 4 members (excludes halogenated alkanes) is 1. The lowest BCUT2D eigenvalue weighted by molar-refractivity contribution is -0.120. The molecule has 6 nitrogen and oxygen atoms in total. The molecule has 0 radical (unpaired) electrons. The van der Waals surface area contributed by atoms with Crippen molar-refractivity contribution in [2.45, 2.75) is 72.1 Å². The molecule has 0 saturated carbocycles. The van der Waals surface area contributed by atoms with Crippen molar-refractivity contribution in [3.63, 3.8) is 0 Å². The number of nitrogens with one attached hydrogen (secondary N) is 2. The minimum Gasteiger partial charge on any atom is -0.382 e. The number of benzene rings is 2. The fraction of sp³-hybridized carbons (Fsp3) is 0.562. The minimum atomic E-state index is -0.1000. The molecule has 208 valence electrons. The zero-order chi connectivity index (χ0) is 27.2. The van der Waals surface area contributed by atoms with Gasteiger partial charge < -0.3 is 20.3 Å². The van der Waals surface area contributed by atoms with Gasteiger partial charge in [0.1, 0.15) is 0 Å². The van der Waals surface area contributed by atoms with Crippen LogP contribution in [-0.2, 0) is 16.0 Å². The molecule has 0 bridgehead atoms. The highest BCUT2D eigenvalue weighted by Gasteiger charge is 2.24. The van der Waals surface area contributed by atoms with Crippen molar-refractivity contribution in [2.24, 2.45) is 11.8 Å². The second kappa shape index (κ2) is 16.2. The molecule has 2 N–H and O–H groups in total. The summed E-state index contributed by atoms with van der Waals surface area (Å²) in [5.74, 6) is 0.585. The average Bonchev–Trinajstić information content (AvgIpc) is 2.94. The summed E-state index contributed by atoms with van der Waals surface area (Å²) in [7, 11) is 0. The van der Waals surface area contributed by atoms with Gasteiger partial charge in [-0.1, -0.05) is 57.0 Å². The second-order valence-corrected chi connectivity index (χ2v) is 10.4. The Morgan fingerprint density at radius 1 is 1.03 bits per heavy atom. The summed E-state index contributed by atoms with van der Waals surface area (Å²) in [6.45, 7) is 9.88. The van der Waals surface area contributed by atoms with Crippen molar-refractivity contribution in [2.75, 3.05) is 43.1 Å². The Hall–Kier alpha value is -2.86. The van der Waals surface area contributed by atoms with E-state index in [-0.39, 0.29) is 17.7 Å². The van der Waals surface area contributed by atoms with Crippen LogP contribution in [0.25, 0.3) is 0 Å². The van der Waals surface area contributed by atoms with Crippen LogP contribution in [0.3, 0.4) is 0 Å². The Bertz CT molecular complexity index is 987. The normalized spacial score (nSPS) is 14.8. The van der Waals surface area contributed by atoms with Crippen molar-refractivity contribution in [3.8, 4) is 0 Å². The van der Waals surface area contributed by atoms with Crippen LogP contribution in [0.15, 0.2) is 48.5 Å². The van der Waals surface area contributed by atoms with Gasteiger partial charge in [0.15, 0.2) is 0 Å². The van der Waals surface area contributed by atoms with E-state index in [1.807, 2.05) is 25.1 Å². The highest BCUT2D eigenvalue weighted by Crippen LogP contribution is 2.30. The van der Waals surface area contributed by atoms with Crippen LogP contribution in [0.1, 0.15) is 81.6 Å². The lowest BCUT2D eigenvalue weighted by atomic mass is 9.89. The zero-order valence-corrected chi connectivity index (χ0v) is 23.6. The van der Waals surface area contributed by atoms with E-state index in [9.17, 15) is 9.59 Å². The van der Waals surface area contributed by atoms with Gasteiger partial charge in [0, 0.05) is 50.1 Å². The van der Waals surface area contributed by atoms with Gasteiger partial charge in [-0.15, -0.1) is 0 Å². The molecule has 1 saturated heterocycles. The van der Waals surface area contributed by atoms with Crippen LogP contribution in [0.4, 0.5) is 11.4 Å². The van der Waals surface area contributed by atoms with E-state index in [4.69, 9.17) is 4.74 Å². The Labute approximate surface area is 229 Å². The van der Waals surface area contributed by atoms with E-state index in [1.165, 1.54) is 5.56 Å². The molecule has 0 aliphatic carbocycles. The fourth-order valence-corrected chi connectivity index (χ4v) is 5.23. The quantitative estimate of drug-likeness (QED) is 0.264. The van der Waals surface area contributed by atoms with Crippen molar-refractivity contribution >= 4 is 23.2 Å². The molecule has 6 heteroatoms. The maximum Gasteiger partial charge on any atom is 0.253 e. The van der Waals surface area contributed by atoms with E-state index < -0.39 is 0 Å². The summed E-state index contributed by atoms with van der Waals surface area (Å²) in [6.07, 6.45) is 7.89. The van der Waals surface area contributed by atoms with Crippen molar-refractivity contribution in [1.29, 1.82) is 0 Å². The molecule has 1 aliphatic rings. The van der Waals surface area contributed by atoms with Gasteiger partial charge in [0.2, 0.25) is 5.91 Å². The first-order chi connectivity index (χ1) is 18.5. The lowest BCUT2D eigenvalue weighted by Gasteiger charge is -2.35. The van der Waals surface area contributed by atoms with Gasteiger partial charge in [-0.3, -0.25) is 9.59 Å². The molecule has 38 heavy (non-hydrogen) atoms. The Morgan fingerprint density at radius 3 is 2.47 bits per heavy atom. The smallest absolute Gasteiger partial charge is 0.253 e. The maximum atomic E-state index is 13.3. The van der Waals surface area contributed by atoms with Crippen molar-refractivity contribution < 1.29 is 14.3 Å². The van der Waals surface area contributed by atoms with Crippen LogP contribution in [0.2, 0.25) is 0 Å². The summed E-state index contributed by atoms with van der Waals surface area (Å²) in [4.78, 5) is 28.6. The van der Waals surface area contributed by atoms with Crippen LogP contribution < -0.4 is 15.5 Å². The number of nitrogens with zero attached hydrogens (tertiary/aromatic N) is 1. The lowest BCUT2D eigenvalue weighted by Crippen LogP contribution is -2.36. The largest absolute Gasteiger partial charge is 0.382 e. The predicted molar refractivity (Wildman–Crippen MR) is 157 cm³/mol.